The lowest BCUT2D eigenvalue weighted by Gasteiger charge is -2.10. The first-order valence-electron chi connectivity index (χ1n) is 3.52. The number of hydrogen-bond acceptors (Lipinski definition) is 0. The Hall–Kier alpha value is 0.440. The van der Waals surface area contributed by atoms with E-state index >= 15 is 0 Å². The quantitative estimate of drug-likeness (QED) is 0.613. The van der Waals surface area contributed by atoms with Gasteiger partial charge in [0.15, 0.2) is 0 Å². The van der Waals surface area contributed by atoms with E-state index < -0.39 is 6.10 Å². The number of hydrogen-bond donors (Lipinski definition) is 0. The van der Waals surface area contributed by atoms with E-state index in [0.29, 0.717) is 0 Å². The van der Waals surface area contributed by atoms with Crippen LogP contribution in [-0.2, 0) is 5.11 Å². The molecule has 0 spiro atoms. The summed E-state index contributed by atoms with van der Waals surface area (Å²) >= 11 is 3.33. The average Bonchev–Trinajstić information content (AvgIpc) is 1.87. The summed E-state index contributed by atoms with van der Waals surface area (Å²) < 4.78 is 0. The van der Waals surface area contributed by atoms with Crippen molar-refractivity contribution >= 4 is 15.9 Å². The maximum Gasteiger partial charge on any atom is 0.105 e. The molecule has 2 heteroatoms. The molecule has 0 bridgehead atoms. The van der Waals surface area contributed by atoms with Gasteiger partial charge in [0.1, 0.15) is 6.10 Å². The summed E-state index contributed by atoms with van der Waals surface area (Å²) in [5.74, 6) is 0. The first-order chi connectivity index (χ1) is 4.22. The molecule has 2 unspecified atom stereocenters. The van der Waals surface area contributed by atoms with Gasteiger partial charge in [0.2, 0.25) is 0 Å². The summed E-state index contributed by atoms with van der Waals surface area (Å²) in [5.41, 5.74) is 0. The largest absolute Gasteiger partial charge is 0.232 e. The van der Waals surface area contributed by atoms with Crippen LogP contribution in [0.15, 0.2) is 0 Å². The van der Waals surface area contributed by atoms with Gasteiger partial charge in [0.25, 0.3) is 0 Å². The molecule has 0 aromatic rings. The molecular formula is C7H14BrO. The predicted molar refractivity (Wildman–Crippen MR) is 42.4 cm³/mol. The summed E-state index contributed by atoms with van der Waals surface area (Å²) in [4.78, 5) is 0.178. The Bertz CT molecular complexity index is 65.9. The summed E-state index contributed by atoms with van der Waals surface area (Å²) in [6, 6.07) is 0. The average molecular weight is 194 g/mol. The van der Waals surface area contributed by atoms with E-state index in [9.17, 15) is 5.11 Å². The van der Waals surface area contributed by atoms with E-state index in [2.05, 4.69) is 15.9 Å². The van der Waals surface area contributed by atoms with Gasteiger partial charge in [-0.3, -0.25) is 0 Å². The van der Waals surface area contributed by atoms with Crippen LogP contribution in [0.2, 0.25) is 0 Å². The summed E-state index contributed by atoms with van der Waals surface area (Å²) in [6.07, 6.45) is 2.33. The van der Waals surface area contributed by atoms with E-state index in [0.717, 1.165) is 19.3 Å². The Morgan fingerprint density at radius 3 is 2.33 bits per heavy atom. The second kappa shape index (κ2) is 5.24. The molecule has 2 atom stereocenters. The first-order valence-corrected chi connectivity index (χ1v) is 4.43. The van der Waals surface area contributed by atoms with E-state index in [1.807, 2.05) is 13.8 Å². The Labute approximate surface area is 65.6 Å². The van der Waals surface area contributed by atoms with Crippen molar-refractivity contribution in [1.29, 1.82) is 0 Å². The van der Waals surface area contributed by atoms with E-state index in [-0.39, 0.29) is 4.83 Å². The van der Waals surface area contributed by atoms with Gasteiger partial charge in [-0.2, -0.15) is 0 Å². The Balaban J connectivity index is 3.32. The van der Waals surface area contributed by atoms with E-state index in [1.165, 1.54) is 0 Å². The van der Waals surface area contributed by atoms with Gasteiger partial charge in [-0.25, -0.2) is 5.11 Å². The molecule has 0 saturated carbocycles. The van der Waals surface area contributed by atoms with Gasteiger partial charge in [0.05, 0.1) is 0 Å². The minimum atomic E-state index is -0.403. The fourth-order valence-electron chi connectivity index (χ4n) is 0.728. The number of alkyl halides is 1. The van der Waals surface area contributed by atoms with Crippen molar-refractivity contribution in [3.63, 3.8) is 0 Å². The van der Waals surface area contributed by atoms with Gasteiger partial charge >= 0.3 is 0 Å². The van der Waals surface area contributed by atoms with Crippen LogP contribution in [0.25, 0.3) is 0 Å². The zero-order valence-corrected chi connectivity index (χ0v) is 7.65. The Morgan fingerprint density at radius 1 is 1.44 bits per heavy atom. The molecule has 0 fully saturated rings. The molecule has 0 rings (SSSR count). The van der Waals surface area contributed by atoms with Crippen molar-refractivity contribution in [3.05, 3.63) is 0 Å². The SMILES string of the molecule is CCCC([O])C(Br)CC. The highest BCUT2D eigenvalue weighted by Crippen LogP contribution is 2.14. The molecule has 0 aliphatic heterocycles. The van der Waals surface area contributed by atoms with Crippen molar-refractivity contribution in [3.8, 4) is 0 Å². The van der Waals surface area contributed by atoms with Crippen LogP contribution in [0.3, 0.4) is 0 Å². The number of rotatable bonds is 4. The summed E-state index contributed by atoms with van der Waals surface area (Å²) in [5, 5.41) is 11.0. The zero-order chi connectivity index (χ0) is 7.28. The van der Waals surface area contributed by atoms with Crippen LogP contribution in [-0.4, -0.2) is 10.9 Å². The molecule has 0 aliphatic rings. The van der Waals surface area contributed by atoms with E-state index in [4.69, 9.17) is 0 Å². The smallest absolute Gasteiger partial charge is 0.105 e. The second-order valence-corrected chi connectivity index (χ2v) is 3.43. The molecule has 0 amide bonds. The lowest BCUT2D eigenvalue weighted by Crippen LogP contribution is -2.17. The molecule has 0 N–H and O–H groups in total. The second-order valence-electron chi connectivity index (χ2n) is 2.25. The van der Waals surface area contributed by atoms with Crippen LogP contribution in [0, 0.1) is 0 Å². The monoisotopic (exact) mass is 193 g/mol. The van der Waals surface area contributed by atoms with E-state index in [1.54, 1.807) is 0 Å². The van der Waals surface area contributed by atoms with Crippen LogP contribution in [0.5, 0.6) is 0 Å². The van der Waals surface area contributed by atoms with Gasteiger partial charge in [-0.05, 0) is 12.8 Å². The van der Waals surface area contributed by atoms with Crippen LogP contribution >= 0.6 is 15.9 Å². The molecular weight excluding hydrogens is 180 g/mol. The minimum absolute atomic E-state index is 0.178. The van der Waals surface area contributed by atoms with Crippen molar-refractivity contribution in [2.75, 3.05) is 0 Å². The lowest BCUT2D eigenvalue weighted by molar-refractivity contribution is 0.0791. The fraction of sp³-hybridized carbons (Fsp3) is 1.00. The number of halogens is 1. The van der Waals surface area contributed by atoms with Gasteiger partial charge in [0, 0.05) is 4.83 Å². The maximum atomic E-state index is 11.0. The predicted octanol–water partition coefficient (Wildman–Crippen LogP) is 2.76. The zero-order valence-electron chi connectivity index (χ0n) is 6.06. The van der Waals surface area contributed by atoms with Gasteiger partial charge < -0.3 is 0 Å². The Kier molecular flexibility index (Phi) is 5.50. The maximum absolute atomic E-state index is 11.0. The third kappa shape index (κ3) is 3.93. The first kappa shape index (κ1) is 9.44. The van der Waals surface area contributed by atoms with Crippen molar-refractivity contribution in [2.24, 2.45) is 0 Å². The molecule has 0 aromatic carbocycles. The third-order valence-electron chi connectivity index (χ3n) is 1.37. The highest BCUT2D eigenvalue weighted by Gasteiger charge is 2.13. The molecule has 1 nitrogen and oxygen atoms in total. The standard InChI is InChI=1S/C7H14BrO/c1-3-5-7(9)6(8)4-2/h6-7H,3-5H2,1-2H3. The summed E-state index contributed by atoms with van der Waals surface area (Å²) in [7, 11) is 0. The molecule has 0 aromatic heterocycles. The third-order valence-corrected chi connectivity index (χ3v) is 2.60. The minimum Gasteiger partial charge on any atom is -0.232 e. The molecule has 55 valence electrons. The summed E-state index contributed by atoms with van der Waals surface area (Å²) in [6.45, 7) is 4.07. The van der Waals surface area contributed by atoms with Crippen LogP contribution in [0.1, 0.15) is 33.1 Å². The molecule has 0 saturated heterocycles. The molecule has 9 heavy (non-hydrogen) atoms. The Morgan fingerprint density at radius 2 is 2.00 bits per heavy atom. The highest BCUT2D eigenvalue weighted by atomic mass is 79.9. The van der Waals surface area contributed by atoms with Gasteiger partial charge in [-0.15, -0.1) is 0 Å². The van der Waals surface area contributed by atoms with Gasteiger partial charge in [-0.1, -0.05) is 36.2 Å². The highest BCUT2D eigenvalue weighted by molar-refractivity contribution is 9.09. The molecule has 0 aliphatic carbocycles. The molecule has 1 radical (unpaired) electrons. The van der Waals surface area contributed by atoms with Crippen molar-refractivity contribution in [1.82, 2.24) is 0 Å². The van der Waals surface area contributed by atoms with Crippen LogP contribution < -0.4 is 0 Å². The van der Waals surface area contributed by atoms with Crippen molar-refractivity contribution in [2.45, 2.75) is 44.0 Å². The van der Waals surface area contributed by atoms with Crippen LogP contribution in [0.4, 0.5) is 0 Å². The van der Waals surface area contributed by atoms with Crippen molar-refractivity contribution < 1.29 is 5.11 Å². The molecule has 0 heterocycles. The fourth-order valence-corrected chi connectivity index (χ4v) is 0.993. The topological polar surface area (TPSA) is 19.9 Å². The lowest BCUT2D eigenvalue weighted by atomic mass is 10.1. The normalized spacial score (nSPS) is 17.3.